The molecule has 0 saturated carbocycles. The van der Waals surface area contributed by atoms with Gasteiger partial charge >= 0.3 is 0 Å². The van der Waals surface area contributed by atoms with Crippen LogP contribution >= 0.6 is 0 Å². The Bertz CT molecular complexity index is 360. The van der Waals surface area contributed by atoms with E-state index in [1.54, 1.807) is 13.1 Å². The molecule has 0 aliphatic rings. The van der Waals surface area contributed by atoms with Crippen LogP contribution in [0.2, 0.25) is 0 Å². The van der Waals surface area contributed by atoms with Gasteiger partial charge in [0.05, 0.1) is 24.1 Å². The number of nitrogens with zero attached hydrogens (tertiary/aromatic N) is 3. The van der Waals surface area contributed by atoms with E-state index in [2.05, 4.69) is 10.3 Å². The Morgan fingerprint density at radius 1 is 1.53 bits per heavy atom. The summed E-state index contributed by atoms with van der Waals surface area (Å²) in [5, 5.41) is 21.6. The molecule has 0 radical (unpaired) electrons. The molecule has 0 amide bonds. The maximum atomic E-state index is 9.62. The zero-order valence-corrected chi connectivity index (χ0v) is 10.9. The summed E-state index contributed by atoms with van der Waals surface area (Å²) in [7, 11) is 5.83. The number of nitrogens with one attached hydrogen (secondary N) is 1. The molecule has 17 heavy (non-hydrogen) atoms. The van der Waals surface area contributed by atoms with E-state index >= 15 is 0 Å². The molecule has 3 N–H and O–H groups in total. The van der Waals surface area contributed by atoms with Crippen molar-refractivity contribution in [1.29, 1.82) is 0 Å². The van der Waals surface area contributed by atoms with Gasteiger partial charge in [0.1, 0.15) is 0 Å². The molecule has 0 aliphatic carbocycles. The Balaban J connectivity index is 2.53. The number of imidazole rings is 1. The smallest absolute Gasteiger partial charge is 0.204 e. The molecule has 0 aliphatic heterocycles. The first kappa shape index (κ1) is 14.0. The van der Waals surface area contributed by atoms with Crippen LogP contribution < -0.4 is 10.2 Å². The van der Waals surface area contributed by atoms with Crippen LogP contribution in [0, 0.1) is 0 Å². The molecular weight excluding hydrogens is 220 g/mol. The van der Waals surface area contributed by atoms with Gasteiger partial charge in [0.25, 0.3) is 0 Å². The number of hydrogen-bond donors (Lipinski definition) is 3. The highest BCUT2D eigenvalue weighted by atomic mass is 16.3. The fourth-order valence-corrected chi connectivity index (χ4v) is 1.53. The predicted octanol–water partition coefficient (Wildman–Crippen LogP) is -0.681. The van der Waals surface area contributed by atoms with Crippen LogP contribution in [0.15, 0.2) is 6.20 Å². The van der Waals surface area contributed by atoms with Gasteiger partial charge < -0.3 is 25.0 Å². The van der Waals surface area contributed by atoms with Crippen molar-refractivity contribution in [3.63, 3.8) is 0 Å². The van der Waals surface area contributed by atoms with Crippen LogP contribution in [0.5, 0.6) is 0 Å². The highest BCUT2D eigenvalue weighted by Crippen LogP contribution is 2.10. The number of anilines is 1. The summed E-state index contributed by atoms with van der Waals surface area (Å²) in [6.07, 6.45) is 1.80. The minimum atomic E-state index is -1.08. The van der Waals surface area contributed by atoms with Crippen LogP contribution in [-0.2, 0) is 13.6 Å². The summed E-state index contributed by atoms with van der Waals surface area (Å²) in [4.78, 5) is 6.23. The minimum absolute atomic E-state index is 0.256. The summed E-state index contributed by atoms with van der Waals surface area (Å²) in [6, 6.07) is 0. The lowest BCUT2D eigenvalue weighted by molar-refractivity contribution is 0.00245. The number of hydrogen-bond acceptors (Lipinski definition) is 5. The highest BCUT2D eigenvalue weighted by molar-refractivity contribution is 5.30. The van der Waals surface area contributed by atoms with Gasteiger partial charge in [0, 0.05) is 34.2 Å². The Morgan fingerprint density at radius 2 is 2.18 bits per heavy atom. The molecule has 1 rings (SSSR count). The summed E-state index contributed by atoms with van der Waals surface area (Å²) in [6.45, 7) is 2.28. The summed E-state index contributed by atoms with van der Waals surface area (Å²) in [5.41, 5.74) is -0.0503. The third-order valence-electron chi connectivity index (χ3n) is 2.61. The molecule has 1 aromatic heterocycles. The Hall–Kier alpha value is -1.11. The van der Waals surface area contributed by atoms with Crippen LogP contribution in [0.4, 0.5) is 5.95 Å². The third-order valence-corrected chi connectivity index (χ3v) is 2.61. The van der Waals surface area contributed by atoms with Gasteiger partial charge in [-0.1, -0.05) is 0 Å². The van der Waals surface area contributed by atoms with Gasteiger partial charge in [-0.25, -0.2) is 4.98 Å². The largest absolute Gasteiger partial charge is 0.393 e. The molecule has 6 heteroatoms. The first-order chi connectivity index (χ1) is 7.87. The lowest BCUT2D eigenvalue weighted by atomic mass is 10.1. The summed E-state index contributed by atoms with van der Waals surface area (Å²) in [5.74, 6) is 0.885. The van der Waals surface area contributed by atoms with Crippen molar-refractivity contribution in [2.75, 3.05) is 32.1 Å². The van der Waals surface area contributed by atoms with E-state index in [9.17, 15) is 5.11 Å². The molecule has 0 bridgehead atoms. The monoisotopic (exact) mass is 242 g/mol. The van der Waals surface area contributed by atoms with Gasteiger partial charge in [-0.15, -0.1) is 0 Å². The van der Waals surface area contributed by atoms with Crippen LogP contribution in [0.25, 0.3) is 0 Å². The van der Waals surface area contributed by atoms with Crippen LogP contribution in [0.1, 0.15) is 12.6 Å². The number of aliphatic hydroxyl groups is 2. The Kier molecular flexibility index (Phi) is 4.50. The van der Waals surface area contributed by atoms with E-state index in [-0.39, 0.29) is 6.61 Å². The summed E-state index contributed by atoms with van der Waals surface area (Å²) < 4.78 is 1.99. The maximum Gasteiger partial charge on any atom is 0.204 e. The molecule has 1 atom stereocenters. The summed E-state index contributed by atoms with van der Waals surface area (Å²) >= 11 is 0. The van der Waals surface area contributed by atoms with Gasteiger partial charge in [-0.2, -0.15) is 0 Å². The molecule has 0 saturated heterocycles. The fraction of sp³-hybridized carbons (Fsp3) is 0.727. The standard InChI is InChI=1S/C11H22N4O2/c1-11(17,8-16)7-12-5-9-6-13-10(14(2)3)15(9)4/h6,12,16-17H,5,7-8H2,1-4H3. The second kappa shape index (κ2) is 5.48. The molecule has 0 spiro atoms. The molecule has 1 heterocycles. The predicted molar refractivity (Wildman–Crippen MR) is 67.0 cm³/mol. The lowest BCUT2D eigenvalue weighted by Gasteiger charge is -2.20. The molecule has 6 nitrogen and oxygen atoms in total. The van der Waals surface area contributed by atoms with E-state index in [4.69, 9.17) is 5.11 Å². The zero-order valence-electron chi connectivity index (χ0n) is 10.9. The number of aromatic nitrogens is 2. The van der Waals surface area contributed by atoms with E-state index in [1.807, 2.05) is 30.6 Å². The maximum absolute atomic E-state index is 9.62. The Labute approximate surface area is 102 Å². The first-order valence-corrected chi connectivity index (χ1v) is 5.59. The average Bonchev–Trinajstić information content (AvgIpc) is 2.60. The van der Waals surface area contributed by atoms with Crippen molar-refractivity contribution in [2.45, 2.75) is 19.1 Å². The molecule has 0 fully saturated rings. The lowest BCUT2D eigenvalue weighted by Crippen LogP contribution is -2.40. The van der Waals surface area contributed by atoms with Crippen LogP contribution in [-0.4, -0.2) is 52.6 Å². The van der Waals surface area contributed by atoms with Gasteiger partial charge in [-0.05, 0) is 6.92 Å². The molecule has 1 aromatic rings. The number of aliphatic hydroxyl groups excluding tert-OH is 1. The van der Waals surface area contributed by atoms with Gasteiger partial charge in [-0.3, -0.25) is 0 Å². The normalized spacial score (nSPS) is 14.7. The zero-order chi connectivity index (χ0) is 13.1. The number of rotatable bonds is 6. The average molecular weight is 242 g/mol. The molecular formula is C11H22N4O2. The van der Waals surface area contributed by atoms with Crippen LogP contribution in [0.3, 0.4) is 0 Å². The second-order valence-electron chi connectivity index (χ2n) is 4.76. The first-order valence-electron chi connectivity index (χ1n) is 5.59. The van der Waals surface area contributed by atoms with Crippen molar-refractivity contribution < 1.29 is 10.2 Å². The second-order valence-corrected chi connectivity index (χ2v) is 4.76. The van der Waals surface area contributed by atoms with Crippen molar-refractivity contribution in [2.24, 2.45) is 7.05 Å². The molecule has 1 unspecified atom stereocenters. The fourth-order valence-electron chi connectivity index (χ4n) is 1.53. The molecule has 98 valence electrons. The van der Waals surface area contributed by atoms with E-state index in [0.717, 1.165) is 11.6 Å². The van der Waals surface area contributed by atoms with Crippen molar-refractivity contribution >= 4 is 5.95 Å². The van der Waals surface area contributed by atoms with Crippen molar-refractivity contribution in [3.05, 3.63) is 11.9 Å². The highest BCUT2D eigenvalue weighted by Gasteiger charge is 2.18. The quantitative estimate of drug-likeness (QED) is 0.616. The van der Waals surface area contributed by atoms with E-state index in [0.29, 0.717) is 13.1 Å². The topological polar surface area (TPSA) is 73.6 Å². The van der Waals surface area contributed by atoms with Crippen molar-refractivity contribution in [3.8, 4) is 0 Å². The van der Waals surface area contributed by atoms with Gasteiger partial charge in [0.15, 0.2) is 0 Å². The third kappa shape index (κ3) is 3.69. The van der Waals surface area contributed by atoms with E-state index < -0.39 is 5.60 Å². The van der Waals surface area contributed by atoms with Crippen molar-refractivity contribution in [1.82, 2.24) is 14.9 Å². The Morgan fingerprint density at radius 3 is 2.65 bits per heavy atom. The van der Waals surface area contributed by atoms with E-state index in [1.165, 1.54) is 0 Å². The molecule has 0 aromatic carbocycles. The van der Waals surface area contributed by atoms with Gasteiger partial charge in [0.2, 0.25) is 5.95 Å². The SMILES string of the molecule is CN(C)c1ncc(CNCC(C)(O)CO)n1C. The minimum Gasteiger partial charge on any atom is -0.393 e.